The molecular formula is C10H23NO4S. The summed E-state index contributed by atoms with van der Waals surface area (Å²) >= 11 is 0. The van der Waals surface area contributed by atoms with Crippen LogP contribution in [0.5, 0.6) is 0 Å². The summed E-state index contributed by atoms with van der Waals surface area (Å²) in [6, 6.07) is 0. The van der Waals surface area contributed by atoms with Crippen molar-refractivity contribution < 1.29 is 18.3 Å². The summed E-state index contributed by atoms with van der Waals surface area (Å²) in [5, 5.41) is 9.37. The number of sulfonamides is 1. The van der Waals surface area contributed by atoms with E-state index >= 15 is 0 Å². The van der Waals surface area contributed by atoms with Crippen LogP contribution in [0, 0.1) is 0 Å². The van der Waals surface area contributed by atoms with Crippen LogP contribution in [0.3, 0.4) is 0 Å². The molecule has 6 heteroatoms. The van der Waals surface area contributed by atoms with Crippen molar-refractivity contribution in [2.75, 3.05) is 18.9 Å². The Morgan fingerprint density at radius 2 is 2.00 bits per heavy atom. The van der Waals surface area contributed by atoms with Gasteiger partial charge in [0.25, 0.3) is 0 Å². The molecule has 0 spiro atoms. The molecule has 0 bridgehead atoms. The summed E-state index contributed by atoms with van der Waals surface area (Å²) in [5.74, 6) is -0.0655. The van der Waals surface area contributed by atoms with Crippen molar-refractivity contribution >= 4 is 10.0 Å². The lowest BCUT2D eigenvalue weighted by Crippen LogP contribution is -2.35. The normalized spacial score (nSPS) is 14.3. The van der Waals surface area contributed by atoms with Gasteiger partial charge in [0, 0.05) is 6.54 Å². The average Bonchev–Trinajstić information content (AvgIpc) is 2.14. The van der Waals surface area contributed by atoms with Crippen LogP contribution in [-0.2, 0) is 14.8 Å². The summed E-state index contributed by atoms with van der Waals surface area (Å²) in [5.41, 5.74) is 0. The summed E-state index contributed by atoms with van der Waals surface area (Å²) in [6.45, 7) is 5.90. The Kier molecular flexibility index (Phi) is 7.91. The summed E-state index contributed by atoms with van der Waals surface area (Å²) < 4.78 is 30.3. The van der Waals surface area contributed by atoms with Gasteiger partial charge < -0.3 is 9.84 Å². The van der Waals surface area contributed by atoms with Crippen molar-refractivity contribution in [3.05, 3.63) is 0 Å². The zero-order valence-electron chi connectivity index (χ0n) is 10.3. The van der Waals surface area contributed by atoms with Gasteiger partial charge in [0.1, 0.15) is 0 Å². The molecule has 0 heterocycles. The molecule has 0 amide bonds. The Morgan fingerprint density at radius 1 is 1.38 bits per heavy atom. The number of ether oxygens (including phenoxy) is 1. The van der Waals surface area contributed by atoms with Gasteiger partial charge in [0.2, 0.25) is 10.0 Å². The van der Waals surface area contributed by atoms with Crippen molar-refractivity contribution in [3.8, 4) is 0 Å². The summed E-state index contributed by atoms with van der Waals surface area (Å²) in [7, 11) is -3.33. The van der Waals surface area contributed by atoms with Gasteiger partial charge in [-0.05, 0) is 20.3 Å². The molecule has 0 aromatic rings. The first-order valence-corrected chi connectivity index (χ1v) is 7.29. The topological polar surface area (TPSA) is 75.6 Å². The lowest BCUT2D eigenvalue weighted by molar-refractivity contribution is 0.0910. The largest absolute Gasteiger partial charge is 0.392 e. The van der Waals surface area contributed by atoms with Gasteiger partial charge in [0.15, 0.2) is 0 Å². The highest BCUT2D eigenvalue weighted by Crippen LogP contribution is 1.96. The molecule has 0 aliphatic rings. The van der Waals surface area contributed by atoms with Gasteiger partial charge >= 0.3 is 0 Å². The molecule has 0 fully saturated rings. The Morgan fingerprint density at radius 3 is 2.50 bits per heavy atom. The molecule has 0 saturated carbocycles. The van der Waals surface area contributed by atoms with E-state index in [9.17, 15) is 13.5 Å². The third-order valence-electron chi connectivity index (χ3n) is 1.96. The van der Waals surface area contributed by atoms with Crippen molar-refractivity contribution in [1.29, 1.82) is 0 Å². The lowest BCUT2D eigenvalue weighted by atomic mass is 10.2. The zero-order valence-corrected chi connectivity index (χ0v) is 11.1. The van der Waals surface area contributed by atoms with Crippen LogP contribution >= 0.6 is 0 Å². The smallest absolute Gasteiger partial charge is 0.213 e. The van der Waals surface area contributed by atoms with Crippen LogP contribution < -0.4 is 4.72 Å². The SMILES string of the molecule is CCCC(O)CNS(=O)(=O)CCOC(C)C. The van der Waals surface area contributed by atoms with E-state index in [0.717, 1.165) is 6.42 Å². The lowest BCUT2D eigenvalue weighted by Gasteiger charge is -2.12. The first-order chi connectivity index (χ1) is 7.37. The molecule has 0 rings (SSSR count). The van der Waals surface area contributed by atoms with E-state index in [2.05, 4.69) is 4.72 Å². The van der Waals surface area contributed by atoms with Crippen LogP contribution in [0.25, 0.3) is 0 Å². The molecule has 0 aromatic heterocycles. The number of hydrogen-bond donors (Lipinski definition) is 2. The summed E-state index contributed by atoms with van der Waals surface area (Å²) in [4.78, 5) is 0. The molecule has 0 radical (unpaired) electrons. The fourth-order valence-corrected chi connectivity index (χ4v) is 2.03. The molecule has 98 valence electrons. The number of rotatable bonds is 9. The second-order valence-corrected chi connectivity index (χ2v) is 5.96. The molecule has 0 saturated heterocycles. The van der Waals surface area contributed by atoms with Gasteiger partial charge in [0.05, 0.1) is 24.6 Å². The predicted molar refractivity (Wildman–Crippen MR) is 63.8 cm³/mol. The maximum atomic E-state index is 11.4. The second-order valence-electron chi connectivity index (χ2n) is 4.03. The highest BCUT2D eigenvalue weighted by atomic mass is 32.2. The van der Waals surface area contributed by atoms with E-state index in [1.807, 2.05) is 20.8 Å². The maximum absolute atomic E-state index is 11.4. The summed E-state index contributed by atoms with van der Waals surface area (Å²) in [6.07, 6.45) is 0.858. The van der Waals surface area contributed by atoms with Gasteiger partial charge in [-0.2, -0.15) is 0 Å². The highest BCUT2D eigenvalue weighted by molar-refractivity contribution is 7.89. The molecule has 2 N–H and O–H groups in total. The number of aliphatic hydroxyl groups excluding tert-OH is 1. The van der Waals surface area contributed by atoms with E-state index in [-0.39, 0.29) is 25.0 Å². The number of hydrogen-bond acceptors (Lipinski definition) is 4. The molecule has 1 unspecified atom stereocenters. The van der Waals surface area contributed by atoms with Gasteiger partial charge in [-0.25, -0.2) is 13.1 Å². The Hall–Kier alpha value is -0.170. The predicted octanol–water partition coefficient (Wildman–Crippen LogP) is 0.492. The molecular weight excluding hydrogens is 230 g/mol. The third kappa shape index (κ3) is 9.08. The third-order valence-corrected chi connectivity index (χ3v) is 3.27. The quantitative estimate of drug-likeness (QED) is 0.627. The maximum Gasteiger partial charge on any atom is 0.213 e. The van der Waals surface area contributed by atoms with E-state index in [0.29, 0.717) is 6.42 Å². The van der Waals surface area contributed by atoms with Crippen molar-refractivity contribution in [2.24, 2.45) is 0 Å². The van der Waals surface area contributed by atoms with Crippen molar-refractivity contribution in [1.82, 2.24) is 4.72 Å². The van der Waals surface area contributed by atoms with Crippen LogP contribution in [0.15, 0.2) is 0 Å². The van der Waals surface area contributed by atoms with Crippen LogP contribution in [-0.4, -0.2) is 44.6 Å². The highest BCUT2D eigenvalue weighted by Gasteiger charge is 2.12. The minimum Gasteiger partial charge on any atom is -0.392 e. The standard InChI is InChI=1S/C10H23NO4S/c1-4-5-10(12)8-11-16(13,14)7-6-15-9(2)3/h9-12H,4-8H2,1-3H3. The zero-order chi connectivity index (χ0) is 12.6. The van der Waals surface area contributed by atoms with Crippen LogP contribution in [0.4, 0.5) is 0 Å². The average molecular weight is 253 g/mol. The number of nitrogens with one attached hydrogen (secondary N) is 1. The number of aliphatic hydroxyl groups is 1. The van der Waals surface area contributed by atoms with E-state index in [1.165, 1.54) is 0 Å². The Bertz CT molecular complexity index is 264. The van der Waals surface area contributed by atoms with Gasteiger partial charge in [-0.3, -0.25) is 0 Å². The monoisotopic (exact) mass is 253 g/mol. The first kappa shape index (κ1) is 15.8. The molecule has 16 heavy (non-hydrogen) atoms. The first-order valence-electron chi connectivity index (χ1n) is 5.64. The van der Waals surface area contributed by atoms with Gasteiger partial charge in [-0.15, -0.1) is 0 Å². The molecule has 0 aliphatic heterocycles. The molecule has 0 aliphatic carbocycles. The van der Waals surface area contributed by atoms with Crippen molar-refractivity contribution in [2.45, 2.75) is 45.8 Å². The van der Waals surface area contributed by atoms with E-state index in [4.69, 9.17) is 4.74 Å². The molecule has 5 nitrogen and oxygen atoms in total. The van der Waals surface area contributed by atoms with E-state index in [1.54, 1.807) is 0 Å². The van der Waals surface area contributed by atoms with Gasteiger partial charge in [-0.1, -0.05) is 13.3 Å². The van der Waals surface area contributed by atoms with Crippen molar-refractivity contribution in [3.63, 3.8) is 0 Å². The minimum absolute atomic E-state index is 0.0286. The molecule has 1 atom stereocenters. The second kappa shape index (κ2) is 8.00. The fraction of sp³-hybridized carbons (Fsp3) is 1.00. The Labute approximate surface area is 98.2 Å². The van der Waals surface area contributed by atoms with Crippen LogP contribution in [0.1, 0.15) is 33.6 Å². The molecule has 0 aromatic carbocycles. The minimum atomic E-state index is -3.33. The van der Waals surface area contributed by atoms with E-state index < -0.39 is 16.1 Å². The fourth-order valence-electron chi connectivity index (χ4n) is 1.12. The van der Waals surface area contributed by atoms with Crippen LogP contribution in [0.2, 0.25) is 0 Å². The Balaban J connectivity index is 3.78.